The molecule has 2 aromatic rings. The smallest absolute Gasteiger partial charge is 0.319 e. The first kappa shape index (κ1) is 16.8. The zero-order valence-corrected chi connectivity index (χ0v) is 14.9. The molecule has 2 aliphatic heterocycles. The van der Waals surface area contributed by atoms with Crippen molar-refractivity contribution in [3.63, 3.8) is 0 Å². The van der Waals surface area contributed by atoms with E-state index in [4.69, 9.17) is 5.73 Å². The first-order chi connectivity index (χ1) is 12.7. The van der Waals surface area contributed by atoms with Crippen LogP contribution in [-0.4, -0.2) is 41.6 Å². The Balaban J connectivity index is 1.34. The van der Waals surface area contributed by atoms with Crippen LogP contribution in [0.2, 0.25) is 0 Å². The number of nitrogens with two attached hydrogens (primary N) is 1. The van der Waals surface area contributed by atoms with Gasteiger partial charge in [0.25, 0.3) is 0 Å². The lowest BCUT2D eigenvalue weighted by Gasteiger charge is -2.32. The fourth-order valence-corrected chi connectivity index (χ4v) is 3.89. The summed E-state index contributed by atoms with van der Waals surface area (Å²) in [5.41, 5.74) is 9.83. The molecule has 0 atom stereocenters. The number of primary amides is 1. The average Bonchev–Trinajstić information content (AvgIpc) is 3.08. The molecule has 6 heteroatoms. The molecule has 1 aromatic carbocycles. The number of hydrogen-bond donors (Lipinski definition) is 2. The number of anilines is 2. The average molecular weight is 351 g/mol. The molecule has 0 bridgehead atoms. The molecule has 2 amide bonds. The number of carbonyl (C=O) groups excluding carboxylic acids is 1. The van der Waals surface area contributed by atoms with Crippen molar-refractivity contribution < 1.29 is 4.79 Å². The third kappa shape index (κ3) is 3.65. The summed E-state index contributed by atoms with van der Waals surface area (Å²) in [5, 5.41) is 3.63. The van der Waals surface area contributed by atoms with Gasteiger partial charge in [0, 0.05) is 44.1 Å². The molecule has 4 rings (SSSR count). The molecule has 1 fully saturated rings. The normalized spacial score (nSPS) is 17.9. The van der Waals surface area contributed by atoms with Gasteiger partial charge in [-0.2, -0.15) is 0 Å². The molecule has 0 saturated carbocycles. The highest BCUT2D eigenvalue weighted by Gasteiger charge is 2.24. The van der Waals surface area contributed by atoms with Gasteiger partial charge in [-0.05, 0) is 49.1 Å². The van der Waals surface area contributed by atoms with Crippen LogP contribution in [0.4, 0.5) is 16.2 Å². The number of pyridine rings is 1. The molecule has 6 nitrogen and oxygen atoms in total. The first-order valence-corrected chi connectivity index (χ1v) is 9.28. The van der Waals surface area contributed by atoms with Crippen LogP contribution >= 0.6 is 0 Å². The van der Waals surface area contributed by atoms with E-state index in [-0.39, 0.29) is 6.03 Å². The zero-order valence-electron chi connectivity index (χ0n) is 14.9. The Morgan fingerprint density at radius 2 is 2.04 bits per heavy atom. The number of nitrogens with zero attached hydrogens (tertiary/aromatic N) is 3. The van der Waals surface area contributed by atoms with E-state index in [1.54, 1.807) is 4.90 Å². The van der Waals surface area contributed by atoms with E-state index in [1.807, 2.05) is 18.3 Å². The van der Waals surface area contributed by atoms with Gasteiger partial charge in [0.1, 0.15) is 0 Å². The summed E-state index contributed by atoms with van der Waals surface area (Å²) < 4.78 is 0. The quantitative estimate of drug-likeness (QED) is 0.888. The minimum atomic E-state index is -0.372. The highest BCUT2D eigenvalue weighted by Crippen LogP contribution is 2.31. The number of carbonyl (C=O) groups is 1. The number of nitrogens with one attached hydrogen (secondary N) is 1. The van der Waals surface area contributed by atoms with E-state index in [1.165, 1.54) is 5.56 Å². The molecule has 3 heterocycles. The van der Waals surface area contributed by atoms with Gasteiger partial charge in [-0.1, -0.05) is 12.1 Å². The Bertz CT molecular complexity index is 771. The lowest BCUT2D eigenvalue weighted by Crippen LogP contribution is -2.38. The molecule has 0 aliphatic carbocycles. The van der Waals surface area contributed by atoms with E-state index >= 15 is 0 Å². The van der Waals surface area contributed by atoms with E-state index in [9.17, 15) is 4.79 Å². The number of fused-ring (bicyclic) bond motifs is 1. The van der Waals surface area contributed by atoms with E-state index < -0.39 is 0 Å². The number of benzene rings is 1. The highest BCUT2D eigenvalue weighted by molar-refractivity contribution is 5.93. The maximum absolute atomic E-state index is 11.6. The van der Waals surface area contributed by atoms with E-state index in [0.29, 0.717) is 12.6 Å². The number of hydrogen-bond acceptors (Lipinski definition) is 4. The lowest BCUT2D eigenvalue weighted by molar-refractivity contribution is 0.209. The number of urea groups is 1. The number of likely N-dealkylation sites (tertiary alicyclic amines) is 1. The third-order valence-electron chi connectivity index (χ3n) is 5.32. The lowest BCUT2D eigenvalue weighted by atomic mass is 10.0. The van der Waals surface area contributed by atoms with Crippen LogP contribution < -0.4 is 16.0 Å². The predicted molar refractivity (Wildman–Crippen MR) is 103 cm³/mol. The molecule has 136 valence electrons. The SMILES string of the molecule is NC(=O)N1CCc2ccc(NC3CCN(Cc4ccccn4)CC3)cc21. The van der Waals surface area contributed by atoms with Gasteiger partial charge in [0.2, 0.25) is 0 Å². The third-order valence-corrected chi connectivity index (χ3v) is 5.32. The van der Waals surface area contributed by atoms with Crippen LogP contribution in [0.15, 0.2) is 42.6 Å². The van der Waals surface area contributed by atoms with Gasteiger partial charge in [-0.3, -0.25) is 14.8 Å². The first-order valence-electron chi connectivity index (χ1n) is 9.28. The van der Waals surface area contributed by atoms with Crippen LogP contribution in [0, 0.1) is 0 Å². The Hall–Kier alpha value is -2.60. The van der Waals surface area contributed by atoms with Crippen LogP contribution in [0.1, 0.15) is 24.1 Å². The largest absolute Gasteiger partial charge is 0.382 e. The highest BCUT2D eigenvalue weighted by atomic mass is 16.2. The summed E-state index contributed by atoms with van der Waals surface area (Å²) in [6.07, 6.45) is 4.93. The molecular weight excluding hydrogens is 326 g/mol. The Morgan fingerprint density at radius 3 is 2.77 bits per heavy atom. The second-order valence-electron chi connectivity index (χ2n) is 7.10. The number of amides is 2. The van der Waals surface area contributed by atoms with Crippen molar-refractivity contribution in [3.8, 4) is 0 Å². The molecule has 0 spiro atoms. The van der Waals surface area contributed by atoms with Gasteiger partial charge < -0.3 is 11.1 Å². The molecule has 3 N–H and O–H groups in total. The van der Waals surface area contributed by atoms with Crippen molar-refractivity contribution in [1.29, 1.82) is 0 Å². The summed E-state index contributed by atoms with van der Waals surface area (Å²) in [6, 6.07) is 12.4. The number of piperidine rings is 1. The second kappa shape index (κ2) is 7.33. The summed E-state index contributed by atoms with van der Waals surface area (Å²) in [5.74, 6) is 0. The van der Waals surface area contributed by atoms with Crippen molar-refractivity contribution in [1.82, 2.24) is 9.88 Å². The van der Waals surface area contributed by atoms with Gasteiger partial charge in [-0.15, -0.1) is 0 Å². The minimum absolute atomic E-state index is 0.372. The fraction of sp³-hybridized carbons (Fsp3) is 0.400. The van der Waals surface area contributed by atoms with Crippen LogP contribution in [0.25, 0.3) is 0 Å². The van der Waals surface area contributed by atoms with Crippen molar-refractivity contribution >= 4 is 17.4 Å². The van der Waals surface area contributed by atoms with Crippen LogP contribution in [0.5, 0.6) is 0 Å². The molecule has 0 radical (unpaired) electrons. The van der Waals surface area contributed by atoms with Gasteiger partial charge in [0.15, 0.2) is 0 Å². The summed E-state index contributed by atoms with van der Waals surface area (Å²) in [4.78, 5) is 20.1. The Labute approximate surface area is 154 Å². The molecule has 1 aromatic heterocycles. The minimum Gasteiger partial charge on any atom is -0.382 e. The zero-order chi connectivity index (χ0) is 17.9. The molecular formula is C20H25N5O. The fourth-order valence-electron chi connectivity index (χ4n) is 3.89. The topological polar surface area (TPSA) is 74.5 Å². The summed E-state index contributed by atoms with van der Waals surface area (Å²) in [6.45, 7) is 3.72. The summed E-state index contributed by atoms with van der Waals surface area (Å²) in [7, 11) is 0. The number of rotatable bonds is 4. The van der Waals surface area contributed by atoms with Gasteiger partial charge >= 0.3 is 6.03 Å². The van der Waals surface area contributed by atoms with Gasteiger partial charge in [0.05, 0.1) is 11.4 Å². The second-order valence-corrected chi connectivity index (χ2v) is 7.10. The molecule has 2 aliphatic rings. The predicted octanol–water partition coefficient (Wildman–Crippen LogP) is 2.60. The van der Waals surface area contributed by atoms with Crippen LogP contribution in [0.3, 0.4) is 0 Å². The van der Waals surface area contributed by atoms with Crippen molar-refractivity contribution in [2.45, 2.75) is 31.8 Å². The monoisotopic (exact) mass is 351 g/mol. The standard InChI is InChI=1S/C20H25N5O/c21-20(26)25-12-6-15-4-5-17(13-19(15)25)23-16-7-10-24(11-8-16)14-18-3-1-2-9-22-18/h1-5,9,13,16,23H,6-8,10-12,14H2,(H2,21,26). The molecule has 1 saturated heterocycles. The van der Waals surface area contributed by atoms with E-state index in [0.717, 1.165) is 56.0 Å². The molecule has 0 unspecified atom stereocenters. The summed E-state index contributed by atoms with van der Waals surface area (Å²) >= 11 is 0. The van der Waals surface area contributed by atoms with Crippen molar-refractivity contribution in [2.24, 2.45) is 5.73 Å². The maximum Gasteiger partial charge on any atom is 0.319 e. The molecule has 26 heavy (non-hydrogen) atoms. The maximum atomic E-state index is 11.6. The van der Waals surface area contributed by atoms with Crippen molar-refractivity contribution in [3.05, 3.63) is 53.9 Å². The number of aromatic nitrogens is 1. The van der Waals surface area contributed by atoms with Crippen molar-refractivity contribution in [2.75, 3.05) is 29.9 Å². The van der Waals surface area contributed by atoms with Crippen LogP contribution in [-0.2, 0) is 13.0 Å². The van der Waals surface area contributed by atoms with Gasteiger partial charge in [-0.25, -0.2) is 4.79 Å². The Morgan fingerprint density at radius 1 is 1.19 bits per heavy atom. The van der Waals surface area contributed by atoms with E-state index in [2.05, 4.69) is 39.5 Å². The Kier molecular flexibility index (Phi) is 4.75.